The second-order valence-corrected chi connectivity index (χ2v) is 6.03. The highest BCUT2D eigenvalue weighted by Gasteiger charge is 2.00. The molecule has 0 saturated carbocycles. The van der Waals surface area contributed by atoms with E-state index in [1.807, 2.05) is 54.6 Å². The van der Waals surface area contributed by atoms with E-state index in [4.69, 9.17) is 9.47 Å². The van der Waals surface area contributed by atoms with Crippen LogP contribution in [0.4, 0.5) is 4.79 Å². The number of rotatable bonds is 11. The third-order valence-corrected chi connectivity index (χ3v) is 3.98. The molecule has 0 atom stereocenters. The minimum absolute atomic E-state index is 0.131. The molecular weight excluding hydrogens is 328 g/mol. The number of unbranched alkanes of at least 4 members (excludes halogenated alkanes) is 3. The first kappa shape index (κ1) is 19.6. The second kappa shape index (κ2) is 11.8. The highest BCUT2D eigenvalue weighted by Crippen LogP contribution is 2.11. The summed E-state index contributed by atoms with van der Waals surface area (Å²) >= 11 is 0. The molecule has 0 unspecified atom stereocenters. The quantitative estimate of drug-likeness (QED) is 0.595. The van der Waals surface area contributed by atoms with Crippen molar-refractivity contribution in [3.63, 3.8) is 0 Å². The summed E-state index contributed by atoms with van der Waals surface area (Å²) in [7, 11) is 1.64. The Morgan fingerprint density at radius 2 is 1.58 bits per heavy atom. The molecule has 26 heavy (non-hydrogen) atoms. The first-order chi connectivity index (χ1) is 12.8. The Balaban J connectivity index is 1.44. The zero-order valence-electron chi connectivity index (χ0n) is 15.4. The van der Waals surface area contributed by atoms with E-state index in [1.54, 1.807) is 7.11 Å². The van der Waals surface area contributed by atoms with Crippen molar-refractivity contribution in [2.24, 2.45) is 0 Å². The van der Waals surface area contributed by atoms with Gasteiger partial charge in [-0.25, -0.2) is 4.79 Å². The van der Waals surface area contributed by atoms with Crippen LogP contribution < -0.4 is 20.1 Å². The topological polar surface area (TPSA) is 59.6 Å². The molecule has 140 valence electrons. The maximum absolute atomic E-state index is 11.8. The van der Waals surface area contributed by atoms with E-state index in [1.165, 1.54) is 0 Å². The van der Waals surface area contributed by atoms with E-state index in [-0.39, 0.29) is 6.03 Å². The summed E-state index contributed by atoms with van der Waals surface area (Å²) in [6.07, 6.45) is 4.18. The Morgan fingerprint density at radius 1 is 0.846 bits per heavy atom. The van der Waals surface area contributed by atoms with Gasteiger partial charge in [0.25, 0.3) is 0 Å². The van der Waals surface area contributed by atoms with Crippen LogP contribution in [-0.4, -0.2) is 26.3 Å². The number of urea groups is 1. The first-order valence-electron chi connectivity index (χ1n) is 9.10. The molecule has 0 saturated heterocycles. The molecule has 2 rings (SSSR count). The zero-order chi connectivity index (χ0) is 18.5. The molecule has 0 aliphatic carbocycles. The van der Waals surface area contributed by atoms with Crippen LogP contribution in [0.15, 0.2) is 54.6 Å². The predicted molar refractivity (Wildman–Crippen MR) is 104 cm³/mol. The number of amides is 2. The number of carbonyl (C=O) groups excluding carboxylic acids is 1. The molecular formula is C21H28N2O3. The lowest BCUT2D eigenvalue weighted by Gasteiger charge is -2.08. The smallest absolute Gasteiger partial charge is 0.315 e. The van der Waals surface area contributed by atoms with Crippen molar-refractivity contribution in [2.75, 3.05) is 20.3 Å². The third kappa shape index (κ3) is 7.92. The average Bonchev–Trinajstić information content (AvgIpc) is 2.69. The molecule has 0 bridgehead atoms. The zero-order valence-corrected chi connectivity index (χ0v) is 15.4. The summed E-state index contributed by atoms with van der Waals surface area (Å²) in [4.78, 5) is 11.8. The fourth-order valence-electron chi connectivity index (χ4n) is 2.48. The molecule has 0 radical (unpaired) electrons. The summed E-state index contributed by atoms with van der Waals surface area (Å²) < 4.78 is 10.8. The maximum Gasteiger partial charge on any atom is 0.315 e. The fraction of sp³-hybridized carbons (Fsp3) is 0.381. The number of carbonyl (C=O) groups is 1. The fourth-order valence-corrected chi connectivity index (χ4v) is 2.48. The summed E-state index contributed by atoms with van der Waals surface area (Å²) in [6, 6.07) is 17.4. The highest BCUT2D eigenvalue weighted by molar-refractivity contribution is 5.73. The lowest BCUT2D eigenvalue weighted by molar-refractivity contribution is 0.240. The molecule has 2 amide bonds. The molecule has 0 aliphatic rings. The van der Waals surface area contributed by atoms with Crippen LogP contribution in [0.25, 0.3) is 0 Å². The summed E-state index contributed by atoms with van der Waals surface area (Å²) in [5.74, 6) is 1.73. The molecule has 5 heteroatoms. The van der Waals surface area contributed by atoms with Crippen molar-refractivity contribution >= 4 is 6.03 Å². The summed E-state index contributed by atoms with van der Waals surface area (Å²) in [6.45, 7) is 1.93. The van der Waals surface area contributed by atoms with Gasteiger partial charge in [0.2, 0.25) is 0 Å². The molecule has 2 aromatic rings. The third-order valence-electron chi connectivity index (χ3n) is 3.98. The van der Waals surface area contributed by atoms with Gasteiger partial charge >= 0.3 is 6.03 Å². The van der Waals surface area contributed by atoms with Crippen LogP contribution in [0.1, 0.15) is 31.2 Å². The number of benzene rings is 2. The Bertz CT molecular complexity index is 629. The van der Waals surface area contributed by atoms with Crippen molar-refractivity contribution in [2.45, 2.75) is 32.2 Å². The van der Waals surface area contributed by atoms with E-state index >= 15 is 0 Å². The molecule has 0 aromatic heterocycles. The number of hydrogen-bond acceptors (Lipinski definition) is 3. The van der Waals surface area contributed by atoms with Gasteiger partial charge in [-0.15, -0.1) is 0 Å². The van der Waals surface area contributed by atoms with Crippen molar-refractivity contribution in [1.82, 2.24) is 10.6 Å². The van der Waals surface area contributed by atoms with Gasteiger partial charge in [0.05, 0.1) is 13.7 Å². The van der Waals surface area contributed by atoms with Gasteiger partial charge in [0.1, 0.15) is 11.5 Å². The monoisotopic (exact) mass is 356 g/mol. The largest absolute Gasteiger partial charge is 0.497 e. The lowest BCUT2D eigenvalue weighted by atomic mass is 10.2. The van der Waals surface area contributed by atoms with Crippen LogP contribution in [0.5, 0.6) is 11.5 Å². The van der Waals surface area contributed by atoms with E-state index in [0.717, 1.165) is 49.4 Å². The molecule has 2 aromatic carbocycles. The Hall–Kier alpha value is -2.69. The van der Waals surface area contributed by atoms with Crippen molar-refractivity contribution in [3.05, 3.63) is 60.2 Å². The summed E-state index contributed by atoms with van der Waals surface area (Å²) in [5, 5.41) is 5.74. The van der Waals surface area contributed by atoms with Gasteiger partial charge in [0, 0.05) is 13.1 Å². The van der Waals surface area contributed by atoms with Gasteiger partial charge in [-0.05, 0) is 42.7 Å². The SMILES string of the molecule is COc1ccc(CNC(=O)NCCCCCCOc2ccccc2)cc1. The van der Waals surface area contributed by atoms with E-state index in [9.17, 15) is 4.79 Å². The van der Waals surface area contributed by atoms with E-state index in [0.29, 0.717) is 13.1 Å². The van der Waals surface area contributed by atoms with Crippen LogP contribution >= 0.6 is 0 Å². The van der Waals surface area contributed by atoms with Gasteiger partial charge < -0.3 is 20.1 Å². The number of hydrogen-bond donors (Lipinski definition) is 2. The minimum atomic E-state index is -0.131. The Kier molecular flexibility index (Phi) is 8.90. The van der Waals surface area contributed by atoms with Crippen LogP contribution in [0.3, 0.4) is 0 Å². The van der Waals surface area contributed by atoms with E-state index < -0.39 is 0 Å². The normalized spacial score (nSPS) is 10.2. The molecule has 0 spiro atoms. The Labute approximate surface area is 155 Å². The number of methoxy groups -OCH3 is 1. The molecule has 0 heterocycles. The number of para-hydroxylation sites is 1. The molecule has 5 nitrogen and oxygen atoms in total. The Morgan fingerprint density at radius 3 is 2.31 bits per heavy atom. The number of ether oxygens (including phenoxy) is 2. The van der Waals surface area contributed by atoms with Crippen LogP contribution in [-0.2, 0) is 6.54 Å². The van der Waals surface area contributed by atoms with Crippen LogP contribution in [0, 0.1) is 0 Å². The molecule has 0 fully saturated rings. The number of nitrogens with one attached hydrogen (secondary N) is 2. The van der Waals surface area contributed by atoms with Gasteiger partial charge in [-0.3, -0.25) is 0 Å². The predicted octanol–water partition coefficient (Wildman–Crippen LogP) is 4.13. The second-order valence-electron chi connectivity index (χ2n) is 6.03. The summed E-state index contributed by atoms with van der Waals surface area (Å²) in [5.41, 5.74) is 1.04. The lowest BCUT2D eigenvalue weighted by Crippen LogP contribution is -2.35. The van der Waals surface area contributed by atoms with Gasteiger partial charge in [-0.1, -0.05) is 43.2 Å². The van der Waals surface area contributed by atoms with Crippen molar-refractivity contribution in [3.8, 4) is 11.5 Å². The minimum Gasteiger partial charge on any atom is -0.497 e. The average molecular weight is 356 g/mol. The van der Waals surface area contributed by atoms with Crippen molar-refractivity contribution < 1.29 is 14.3 Å². The standard InChI is InChI=1S/C21H28N2O3/c1-25-19-13-11-18(12-14-19)17-23-21(24)22-15-7-2-3-8-16-26-20-9-5-4-6-10-20/h4-6,9-14H,2-3,7-8,15-17H2,1H3,(H2,22,23,24). The molecule has 0 aliphatic heterocycles. The van der Waals surface area contributed by atoms with Gasteiger partial charge in [0.15, 0.2) is 0 Å². The first-order valence-corrected chi connectivity index (χ1v) is 9.10. The van der Waals surface area contributed by atoms with E-state index in [2.05, 4.69) is 10.6 Å². The highest BCUT2D eigenvalue weighted by atomic mass is 16.5. The van der Waals surface area contributed by atoms with Crippen molar-refractivity contribution in [1.29, 1.82) is 0 Å². The van der Waals surface area contributed by atoms with Crippen LogP contribution in [0.2, 0.25) is 0 Å². The molecule has 2 N–H and O–H groups in total. The maximum atomic E-state index is 11.8. The van der Waals surface area contributed by atoms with Gasteiger partial charge in [-0.2, -0.15) is 0 Å².